The minimum absolute atomic E-state index is 0.0862. The van der Waals surface area contributed by atoms with Crippen LogP contribution in [0.1, 0.15) is 0 Å². The van der Waals surface area contributed by atoms with Gasteiger partial charge >= 0.3 is 0 Å². The highest BCUT2D eigenvalue weighted by atomic mass is 127. The normalized spacial score (nSPS) is 10.9. The maximum absolute atomic E-state index is 13.5. The molecule has 78 valence electrons. The van der Waals surface area contributed by atoms with Crippen molar-refractivity contribution in [2.45, 2.75) is 4.90 Å². The molecule has 0 spiro atoms. The summed E-state index contributed by atoms with van der Waals surface area (Å²) < 4.78 is 13.5. The zero-order chi connectivity index (χ0) is 11.0. The van der Waals surface area contributed by atoms with Crippen molar-refractivity contribution in [3.05, 3.63) is 35.1 Å². The van der Waals surface area contributed by atoms with Gasteiger partial charge < -0.3 is 5.11 Å². The minimum atomic E-state index is -0.419. The maximum atomic E-state index is 13.5. The molecule has 0 amide bonds. The molecule has 0 saturated heterocycles. The number of aromatic hydroxyl groups is 1. The lowest BCUT2D eigenvalue weighted by molar-refractivity contribution is 0.463. The highest BCUT2D eigenvalue weighted by Crippen LogP contribution is 2.37. The average molecular weight is 355 g/mol. The molecule has 0 saturated carbocycles. The first-order valence-corrected chi connectivity index (χ1v) is 7.76. The molecule has 0 aliphatic carbocycles. The number of phenolic OH excluding ortho intramolecular Hbond substituents is 1. The number of hydrogen-bond donors (Lipinski definition) is 1. The Kier molecular flexibility index (Phi) is 3.27. The summed E-state index contributed by atoms with van der Waals surface area (Å²) in [6, 6.07) is 6.05. The molecule has 0 fully saturated rings. The number of rotatable bonds is 1. The topological polar surface area (TPSA) is 20.2 Å². The summed E-state index contributed by atoms with van der Waals surface area (Å²) in [6.45, 7) is 0. The summed E-state index contributed by atoms with van der Waals surface area (Å²) in [5, 5.41) is 11.0. The lowest BCUT2D eigenvalue weighted by atomic mass is 10.1. The second-order valence-electron chi connectivity index (χ2n) is 3.01. The molecule has 0 heterocycles. The van der Waals surface area contributed by atoms with E-state index in [2.05, 4.69) is 21.2 Å². The summed E-state index contributed by atoms with van der Waals surface area (Å²) in [7, 11) is 1.38. The zero-order valence-corrected chi connectivity index (χ0v) is 11.0. The molecule has 0 radical (unpaired) electrons. The van der Waals surface area contributed by atoms with E-state index >= 15 is 0 Å². The van der Waals surface area contributed by atoms with Crippen LogP contribution in [0.5, 0.6) is 5.75 Å². The SMILES string of the molecule is Oc1cc2c(F)cc(Cl)cc2cc1SI. The number of fused-ring (bicyclic) bond motifs is 1. The molecule has 1 N–H and O–H groups in total. The van der Waals surface area contributed by atoms with Gasteiger partial charge in [-0.05, 0) is 38.6 Å². The fourth-order valence-electron chi connectivity index (χ4n) is 1.36. The highest BCUT2D eigenvalue weighted by Gasteiger charge is 2.08. The van der Waals surface area contributed by atoms with Gasteiger partial charge in [-0.1, -0.05) is 11.6 Å². The molecular formula is C10H5ClFIOS. The van der Waals surface area contributed by atoms with E-state index in [4.69, 9.17) is 11.6 Å². The molecule has 5 heteroatoms. The molecule has 0 unspecified atom stereocenters. The lowest BCUT2D eigenvalue weighted by Gasteiger charge is -2.05. The van der Waals surface area contributed by atoms with Gasteiger partial charge in [0.25, 0.3) is 0 Å². The van der Waals surface area contributed by atoms with Crippen molar-refractivity contribution in [2.75, 3.05) is 0 Å². The number of phenols is 1. The van der Waals surface area contributed by atoms with Gasteiger partial charge in [0.1, 0.15) is 11.6 Å². The van der Waals surface area contributed by atoms with E-state index in [-0.39, 0.29) is 5.75 Å². The highest BCUT2D eigenvalue weighted by molar-refractivity contribution is 14.2. The first kappa shape index (κ1) is 11.3. The molecule has 0 aliphatic rings. The molecule has 2 aromatic rings. The van der Waals surface area contributed by atoms with Crippen LogP contribution in [-0.2, 0) is 0 Å². The number of benzene rings is 2. The van der Waals surface area contributed by atoms with E-state index in [0.717, 1.165) is 0 Å². The van der Waals surface area contributed by atoms with Crippen LogP contribution < -0.4 is 0 Å². The molecule has 1 nitrogen and oxygen atoms in total. The minimum Gasteiger partial charge on any atom is -0.507 e. The van der Waals surface area contributed by atoms with Crippen LogP contribution in [0, 0.1) is 5.82 Å². The smallest absolute Gasteiger partial charge is 0.132 e. The van der Waals surface area contributed by atoms with Gasteiger partial charge in [-0.2, -0.15) is 0 Å². The van der Waals surface area contributed by atoms with Crippen LogP contribution in [0.3, 0.4) is 0 Å². The second-order valence-corrected chi connectivity index (χ2v) is 5.36. The summed E-state index contributed by atoms with van der Waals surface area (Å²) in [5.74, 6) is -0.332. The zero-order valence-electron chi connectivity index (χ0n) is 7.30. The molecule has 0 atom stereocenters. The van der Waals surface area contributed by atoms with Crippen molar-refractivity contribution < 1.29 is 9.50 Å². The van der Waals surface area contributed by atoms with Crippen molar-refractivity contribution in [1.82, 2.24) is 0 Å². The van der Waals surface area contributed by atoms with Gasteiger partial charge in [0.05, 0.1) is 4.90 Å². The fourth-order valence-corrected chi connectivity index (χ4v) is 2.94. The summed E-state index contributed by atoms with van der Waals surface area (Å²) in [4.78, 5) is 0.699. The molecule has 2 aromatic carbocycles. The number of hydrogen-bond acceptors (Lipinski definition) is 2. The van der Waals surface area contributed by atoms with Gasteiger partial charge in [0.15, 0.2) is 0 Å². The van der Waals surface area contributed by atoms with E-state index in [1.165, 1.54) is 21.1 Å². The monoisotopic (exact) mass is 354 g/mol. The van der Waals surface area contributed by atoms with Crippen molar-refractivity contribution in [2.24, 2.45) is 0 Å². The third kappa shape index (κ3) is 2.16. The van der Waals surface area contributed by atoms with E-state index in [1.807, 2.05) is 0 Å². The predicted molar refractivity (Wildman–Crippen MR) is 70.5 cm³/mol. The summed E-state index contributed by atoms with van der Waals surface area (Å²) in [5.41, 5.74) is 0. The first-order chi connectivity index (χ1) is 7.11. The fraction of sp³-hybridized carbons (Fsp3) is 0. The van der Waals surface area contributed by atoms with E-state index in [1.54, 1.807) is 12.1 Å². The molecule has 2 rings (SSSR count). The molecule has 0 aromatic heterocycles. The van der Waals surface area contributed by atoms with Gasteiger partial charge in [-0.25, -0.2) is 4.39 Å². The Balaban J connectivity index is 2.81. The molecule has 0 aliphatic heterocycles. The van der Waals surface area contributed by atoms with Crippen molar-refractivity contribution in [3.63, 3.8) is 0 Å². The van der Waals surface area contributed by atoms with E-state index < -0.39 is 5.82 Å². The van der Waals surface area contributed by atoms with E-state index in [9.17, 15) is 9.50 Å². The van der Waals surface area contributed by atoms with Crippen LogP contribution in [-0.4, -0.2) is 5.11 Å². The molecule has 0 bridgehead atoms. The Hall–Kier alpha value is -0.200. The summed E-state index contributed by atoms with van der Waals surface area (Å²) in [6.07, 6.45) is 0. The Morgan fingerprint density at radius 1 is 1.27 bits per heavy atom. The number of halogens is 3. The average Bonchev–Trinajstić information content (AvgIpc) is 2.18. The Bertz CT molecular complexity index is 532. The Morgan fingerprint density at radius 3 is 2.67 bits per heavy atom. The second kappa shape index (κ2) is 4.35. The van der Waals surface area contributed by atoms with Crippen molar-refractivity contribution in [3.8, 4) is 5.75 Å². The largest absolute Gasteiger partial charge is 0.507 e. The van der Waals surface area contributed by atoms with Gasteiger partial charge in [0, 0.05) is 31.6 Å². The predicted octanol–water partition coefficient (Wildman–Crippen LogP) is 4.78. The van der Waals surface area contributed by atoms with Crippen molar-refractivity contribution in [1.29, 1.82) is 0 Å². The lowest BCUT2D eigenvalue weighted by Crippen LogP contribution is -1.81. The Labute approximate surface area is 107 Å². The summed E-state index contributed by atoms with van der Waals surface area (Å²) >= 11 is 7.81. The quantitative estimate of drug-likeness (QED) is 0.744. The molecular weight excluding hydrogens is 350 g/mol. The van der Waals surface area contributed by atoms with Gasteiger partial charge in [0.2, 0.25) is 0 Å². The van der Waals surface area contributed by atoms with Crippen LogP contribution >= 0.6 is 41.7 Å². The van der Waals surface area contributed by atoms with Crippen molar-refractivity contribution >= 4 is 52.5 Å². The third-order valence-electron chi connectivity index (χ3n) is 2.03. The first-order valence-electron chi connectivity index (χ1n) is 4.02. The van der Waals surface area contributed by atoms with Crippen LogP contribution in [0.2, 0.25) is 5.02 Å². The van der Waals surface area contributed by atoms with Gasteiger partial charge in [-0.15, -0.1) is 0 Å². The van der Waals surface area contributed by atoms with Crippen LogP contribution in [0.15, 0.2) is 29.2 Å². The standard InChI is InChI=1S/C10H5ClFIOS/c11-6-1-5-2-10(15-13)9(14)4-7(5)8(12)3-6/h1-4,14H. The van der Waals surface area contributed by atoms with Crippen LogP contribution in [0.4, 0.5) is 4.39 Å². The maximum Gasteiger partial charge on any atom is 0.132 e. The van der Waals surface area contributed by atoms with E-state index in [0.29, 0.717) is 20.7 Å². The molecule has 15 heavy (non-hydrogen) atoms. The third-order valence-corrected chi connectivity index (χ3v) is 4.16. The Morgan fingerprint density at radius 2 is 2.00 bits per heavy atom. The van der Waals surface area contributed by atoms with Gasteiger partial charge in [-0.3, -0.25) is 0 Å². The van der Waals surface area contributed by atoms with Crippen LogP contribution in [0.25, 0.3) is 10.8 Å².